The summed E-state index contributed by atoms with van der Waals surface area (Å²) in [6, 6.07) is 8.54. The third-order valence-corrected chi connectivity index (χ3v) is 2.83. The SMILES string of the molecule is CC(Nc1cccc(CO)c1)C1CC1. The fourth-order valence-corrected chi connectivity index (χ4v) is 1.74. The van der Waals surface area contributed by atoms with Crippen LogP contribution >= 0.6 is 0 Å². The molecule has 2 heteroatoms. The van der Waals surface area contributed by atoms with E-state index < -0.39 is 0 Å². The van der Waals surface area contributed by atoms with Crippen molar-refractivity contribution in [2.45, 2.75) is 32.4 Å². The molecule has 2 rings (SSSR count). The van der Waals surface area contributed by atoms with Crippen molar-refractivity contribution >= 4 is 5.69 Å². The predicted octanol–water partition coefficient (Wildman–Crippen LogP) is 2.39. The van der Waals surface area contributed by atoms with Crippen molar-refractivity contribution in [1.29, 1.82) is 0 Å². The third-order valence-electron chi connectivity index (χ3n) is 2.83. The monoisotopic (exact) mass is 191 g/mol. The second-order valence-electron chi connectivity index (χ2n) is 4.13. The van der Waals surface area contributed by atoms with Crippen LogP contribution in [0, 0.1) is 5.92 Å². The molecule has 0 aromatic heterocycles. The van der Waals surface area contributed by atoms with Crippen LogP contribution in [0.4, 0.5) is 5.69 Å². The minimum absolute atomic E-state index is 0.118. The van der Waals surface area contributed by atoms with Crippen LogP contribution in [-0.4, -0.2) is 11.1 Å². The van der Waals surface area contributed by atoms with E-state index in [9.17, 15) is 0 Å². The van der Waals surface area contributed by atoms with Crippen molar-refractivity contribution in [3.8, 4) is 0 Å². The van der Waals surface area contributed by atoms with E-state index in [2.05, 4.69) is 18.3 Å². The number of aliphatic hydroxyl groups excluding tert-OH is 1. The number of aliphatic hydroxyl groups is 1. The van der Waals surface area contributed by atoms with Gasteiger partial charge in [0.25, 0.3) is 0 Å². The molecule has 2 nitrogen and oxygen atoms in total. The van der Waals surface area contributed by atoms with Gasteiger partial charge in [0.1, 0.15) is 0 Å². The van der Waals surface area contributed by atoms with Gasteiger partial charge in [-0.05, 0) is 43.4 Å². The predicted molar refractivity (Wildman–Crippen MR) is 58.2 cm³/mol. The van der Waals surface area contributed by atoms with Gasteiger partial charge >= 0.3 is 0 Å². The highest BCUT2D eigenvalue weighted by molar-refractivity contribution is 5.46. The maximum atomic E-state index is 8.99. The molecule has 0 aliphatic heterocycles. The normalized spacial score (nSPS) is 17.9. The third kappa shape index (κ3) is 2.26. The Morgan fingerprint density at radius 2 is 2.29 bits per heavy atom. The molecule has 1 saturated carbocycles. The van der Waals surface area contributed by atoms with Crippen LogP contribution in [0.1, 0.15) is 25.3 Å². The second kappa shape index (κ2) is 4.01. The molecule has 0 radical (unpaired) electrons. The molecule has 76 valence electrons. The lowest BCUT2D eigenvalue weighted by molar-refractivity contribution is 0.282. The van der Waals surface area contributed by atoms with E-state index in [1.54, 1.807) is 0 Å². The van der Waals surface area contributed by atoms with Gasteiger partial charge in [0.05, 0.1) is 6.61 Å². The minimum Gasteiger partial charge on any atom is -0.392 e. The number of hydrogen-bond acceptors (Lipinski definition) is 2. The van der Waals surface area contributed by atoms with Crippen molar-refractivity contribution in [3.63, 3.8) is 0 Å². The molecule has 0 amide bonds. The first-order valence-electron chi connectivity index (χ1n) is 5.26. The van der Waals surface area contributed by atoms with Gasteiger partial charge in [0.2, 0.25) is 0 Å². The van der Waals surface area contributed by atoms with Crippen molar-refractivity contribution < 1.29 is 5.11 Å². The molecule has 1 atom stereocenters. The topological polar surface area (TPSA) is 32.3 Å². The van der Waals surface area contributed by atoms with Crippen LogP contribution in [0.25, 0.3) is 0 Å². The van der Waals surface area contributed by atoms with E-state index >= 15 is 0 Å². The van der Waals surface area contributed by atoms with Gasteiger partial charge in [0, 0.05) is 11.7 Å². The summed E-state index contributed by atoms with van der Waals surface area (Å²) in [5.41, 5.74) is 2.09. The Bertz CT molecular complexity index is 307. The number of nitrogens with one attached hydrogen (secondary N) is 1. The average Bonchev–Trinajstić information content (AvgIpc) is 3.01. The Balaban J connectivity index is 2.00. The molecule has 0 saturated heterocycles. The van der Waals surface area contributed by atoms with Crippen molar-refractivity contribution in [3.05, 3.63) is 29.8 Å². The van der Waals surface area contributed by atoms with Gasteiger partial charge in [-0.3, -0.25) is 0 Å². The highest BCUT2D eigenvalue weighted by Crippen LogP contribution is 2.33. The Morgan fingerprint density at radius 1 is 1.50 bits per heavy atom. The summed E-state index contributed by atoms with van der Waals surface area (Å²) in [4.78, 5) is 0. The Kier molecular flexibility index (Phi) is 2.73. The summed E-state index contributed by atoms with van der Waals surface area (Å²) in [6.45, 7) is 2.34. The van der Waals surface area contributed by atoms with Crippen LogP contribution in [-0.2, 0) is 6.61 Å². The molecule has 1 aliphatic rings. The minimum atomic E-state index is 0.118. The summed E-state index contributed by atoms with van der Waals surface area (Å²) in [6.07, 6.45) is 2.71. The van der Waals surface area contributed by atoms with Crippen molar-refractivity contribution in [1.82, 2.24) is 0 Å². The molecule has 14 heavy (non-hydrogen) atoms. The van der Waals surface area contributed by atoms with Crippen LogP contribution in [0.15, 0.2) is 24.3 Å². The molecule has 1 fully saturated rings. The van der Waals surface area contributed by atoms with Gasteiger partial charge in [-0.25, -0.2) is 0 Å². The van der Waals surface area contributed by atoms with Crippen molar-refractivity contribution in [2.24, 2.45) is 5.92 Å². The van der Waals surface area contributed by atoms with E-state index in [1.807, 2.05) is 18.2 Å². The molecule has 0 spiro atoms. The van der Waals surface area contributed by atoms with Crippen LogP contribution in [0.2, 0.25) is 0 Å². The van der Waals surface area contributed by atoms with Gasteiger partial charge < -0.3 is 10.4 Å². The first-order valence-corrected chi connectivity index (χ1v) is 5.26. The molecule has 1 aliphatic carbocycles. The zero-order chi connectivity index (χ0) is 9.97. The average molecular weight is 191 g/mol. The Hall–Kier alpha value is -1.02. The summed E-state index contributed by atoms with van der Waals surface area (Å²) in [5, 5.41) is 12.5. The summed E-state index contributed by atoms with van der Waals surface area (Å²) in [5.74, 6) is 0.854. The lowest BCUT2D eigenvalue weighted by Crippen LogP contribution is -2.17. The number of benzene rings is 1. The number of rotatable bonds is 4. The maximum absolute atomic E-state index is 8.99. The smallest absolute Gasteiger partial charge is 0.0682 e. The number of hydrogen-bond donors (Lipinski definition) is 2. The van der Waals surface area contributed by atoms with Gasteiger partial charge in [-0.15, -0.1) is 0 Å². The van der Waals surface area contributed by atoms with Crippen LogP contribution in [0.3, 0.4) is 0 Å². The van der Waals surface area contributed by atoms with Gasteiger partial charge in [-0.1, -0.05) is 12.1 Å². The molecule has 1 aromatic carbocycles. The van der Waals surface area contributed by atoms with E-state index in [0.717, 1.165) is 17.2 Å². The first kappa shape index (κ1) is 9.53. The first-order chi connectivity index (χ1) is 6.79. The molecule has 1 aromatic rings. The highest BCUT2D eigenvalue weighted by Gasteiger charge is 2.27. The van der Waals surface area contributed by atoms with Crippen LogP contribution < -0.4 is 5.32 Å². The quantitative estimate of drug-likeness (QED) is 0.766. The lowest BCUT2D eigenvalue weighted by atomic mass is 10.1. The highest BCUT2D eigenvalue weighted by atomic mass is 16.3. The molecular formula is C12H17NO. The Labute approximate surface area is 85.0 Å². The molecule has 1 unspecified atom stereocenters. The lowest BCUT2D eigenvalue weighted by Gasteiger charge is -2.14. The molecule has 2 N–H and O–H groups in total. The van der Waals surface area contributed by atoms with E-state index in [4.69, 9.17) is 5.11 Å². The second-order valence-corrected chi connectivity index (χ2v) is 4.13. The molecule has 0 bridgehead atoms. The van der Waals surface area contributed by atoms with E-state index in [-0.39, 0.29) is 6.61 Å². The Morgan fingerprint density at radius 3 is 2.93 bits per heavy atom. The van der Waals surface area contributed by atoms with Crippen LogP contribution in [0.5, 0.6) is 0 Å². The fourth-order valence-electron chi connectivity index (χ4n) is 1.74. The van der Waals surface area contributed by atoms with Gasteiger partial charge in [-0.2, -0.15) is 0 Å². The molecular weight excluding hydrogens is 174 g/mol. The molecule has 0 heterocycles. The number of anilines is 1. The maximum Gasteiger partial charge on any atom is 0.0682 e. The largest absolute Gasteiger partial charge is 0.392 e. The zero-order valence-electron chi connectivity index (χ0n) is 8.53. The summed E-state index contributed by atoms with van der Waals surface area (Å²) in [7, 11) is 0. The van der Waals surface area contributed by atoms with Gasteiger partial charge in [0.15, 0.2) is 0 Å². The zero-order valence-corrected chi connectivity index (χ0v) is 8.53. The summed E-state index contributed by atoms with van der Waals surface area (Å²) >= 11 is 0. The summed E-state index contributed by atoms with van der Waals surface area (Å²) < 4.78 is 0. The van der Waals surface area contributed by atoms with Crippen molar-refractivity contribution in [2.75, 3.05) is 5.32 Å². The van der Waals surface area contributed by atoms with E-state index in [0.29, 0.717) is 6.04 Å². The van der Waals surface area contributed by atoms with E-state index in [1.165, 1.54) is 12.8 Å². The fraction of sp³-hybridized carbons (Fsp3) is 0.500. The standard InChI is InChI=1S/C12H17NO/c1-9(11-5-6-11)13-12-4-2-3-10(7-12)8-14/h2-4,7,9,11,13-14H,5-6,8H2,1H3.